The van der Waals surface area contributed by atoms with E-state index in [-0.39, 0.29) is 0 Å². The van der Waals surface area contributed by atoms with E-state index >= 15 is 0 Å². The van der Waals surface area contributed by atoms with Crippen molar-refractivity contribution in [2.45, 2.75) is 13.3 Å². The van der Waals surface area contributed by atoms with Crippen molar-refractivity contribution in [1.29, 1.82) is 0 Å². The fraction of sp³-hybridized carbons (Fsp3) is 0.167. The Balaban J connectivity index is 2.48. The third-order valence-electron chi connectivity index (χ3n) is 2.30. The molecule has 78 valence electrons. The lowest BCUT2D eigenvalue weighted by Crippen LogP contribution is -1.82. The van der Waals surface area contributed by atoms with Gasteiger partial charge in [-0.1, -0.05) is 35.0 Å². The molecule has 2 aromatic rings. The van der Waals surface area contributed by atoms with Gasteiger partial charge in [0.25, 0.3) is 0 Å². The Morgan fingerprint density at radius 1 is 1.33 bits per heavy atom. The number of thiophene rings is 1. The predicted molar refractivity (Wildman–Crippen MR) is 71.2 cm³/mol. The van der Waals surface area contributed by atoms with Gasteiger partial charge >= 0.3 is 0 Å². The first kappa shape index (κ1) is 10.7. The van der Waals surface area contributed by atoms with E-state index in [0.29, 0.717) is 0 Å². The van der Waals surface area contributed by atoms with Gasteiger partial charge in [0.1, 0.15) is 0 Å². The highest BCUT2D eigenvalue weighted by Crippen LogP contribution is 2.34. The fourth-order valence-corrected chi connectivity index (χ4v) is 2.80. The molecule has 15 heavy (non-hydrogen) atoms. The summed E-state index contributed by atoms with van der Waals surface area (Å²) in [6.07, 6.45) is 1.04. The topological polar surface area (TPSA) is 26.0 Å². The first-order chi connectivity index (χ1) is 7.20. The van der Waals surface area contributed by atoms with Crippen LogP contribution in [0.25, 0.3) is 11.1 Å². The van der Waals surface area contributed by atoms with Crippen LogP contribution in [-0.4, -0.2) is 0 Å². The van der Waals surface area contributed by atoms with E-state index < -0.39 is 0 Å². The van der Waals surface area contributed by atoms with Crippen molar-refractivity contribution in [3.8, 4) is 11.1 Å². The fourth-order valence-electron chi connectivity index (χ4n) is 1.51. The van der Waals surface area contributed by atoms with Gasteiger partial charge in [-0.15, -0.1) is 11.3 Å². The number of halogens is 1. The quantitative estimate of drug-likeness (QED) is 0.872. The van der Waals surface area contributed by atoms with Crippen LogP contribution in [0.5, 0.6) is 0 Å². The summed E-state index contributed by atoms with van der Waals surface area (Å²) in [4.78, 5) is 1.34. The molecule has 0 aliphatic heterocycles. The zero-order chi connectivity index (χ0) is 10.8. The molecule has 0 bridgehead atoms. The third kappa shape index (κ3) is 2.24. The smallest absolute Gasteiger partial charge is 0.0938 e. The van der Waals surface area contributed by atoms with Crippen LogP contribution in [0.4, 0.5) is 5.00 Å². The van der Waals surface area contributed by atoms with Gasteiger partial charge in [0, 0.05) is 14.9 Å². The minimum absolute atomic E-state index is 0.907. The molecule has 0 saturated carbocycles. The van der Waals surface area contributed by atoms with Gasteiger partial charge < -0.3 is 5.73 Å². The predicted octanol–water partition coefficient (Wildman–Crippen LogP) is 4.32. The number of anilines is 1. The van der Waals surface area contributed by atoms with Crippen molar-refractivity contribution in [2.75, 3.05) is 5.73 Å². The van der Waals surface area contributed by atoms with Crippen molar-refractivity contribution in [2.24, 2.45) is 0 Å². The molecular formula is C12H12BrNS. The number of benzene rings is 1. The van der Waals surface area contributed by atoms with Crippen LogP contribution < -0.4 is 5.73 Å². The summed E-state index contributed by atoms with van der Waals surface area (Å²) >= 11 is 5.15. The second-order valence-corrected chi connectivity index (χ2v) is 5.44. The first-order valence-electron chi connectivity index (χ1n) is 4.85. The van der Waals surface area contributed by atoms with Crippen LogP contribution >= 0.6 is 27.3 Å². The number of nitrogens with two attached hydrogens (primary N) is 1. The van der Waals surface area contributed by atoms with Gasteiger partial charge in [0.15, 0.2) is 0 Å². The average Bonchev–Trinajstić information content (AvgIpc) is 2.60. The van der Waals surface area contributed by atoms with Crippen molar-refractivity contribution >= 4 is 32.3 Å². The molecular weight excluding hydrogens is 270 g/mol. The molecule has 2 N–H and O–H groups in total. The van der Waals surface area contributed by atoms with E-state index in [9.17, 15) is 0 Å². The van der Waals surface area contributed by atoms with Crippen LogP contribution in [0.3, 0.4) is 0 Å². The Hall–Kier alpha value is -0.800. The van der Waals surface area contributed by atoms with E-state index in [4.69, 9.17) is 5.73 Å². The Morgan fingerprint density at radius 3 is 2.73 bits per heavy atom. The summed E-state index contributed by atoms with van der Waals surface area (Å²) in [6.45, 7) is 2.15. The molecule has 0 aliphatic rings. The molecule has 1 heterocycles. The van der Waals surface area contributed by atoms with Gasteiger partial charge in [-0.05, 0) is 30.2 Å². The number of hydrogen-bond donors (Lipinski definition) is 1. The second-order valence-electron chi connectivity index (χ2n) is 3.35. The number of rotatable bonds is 2. The number of aryl methyl sites for hydroxylation is 1. The van der Waals surface area contributed by atoms with Crippen molar-refractivity contribution in [1.82, 2.24) is 0 Å². The van der Waals surface area contributed by atoms with Gasteiger partial charge in [0.05, 0.1) is 5.00 Å². The highest BCUT2D eigenvalue weighted by molar-refractivity contribution is 9.10. The van der Waals surface area contributed by atoms with Gasteiger partial charge in [-0.2, -0.15) is 0 Å². The molecule has 3 heteroatoms. The van der Waals surface area contributed by atoms with Crippen LogP contribution in [0.2, 0.25) is 0 Å². The summed E-state index contributed by atoms with van der Waals surface area (Å²) < 4.78 is 1.09. The van der Waals surface area contributed by atoms with Crippen molar-refractivity contribution in [3.63, 3.8) is 0 Å². The van der Waals surface area contributed by atoms with E-state index in [2.05, 4.69) is 41.1 Å². The van der Waals surface area contributed by atoms with Crippen molar-refractivity contribution < 1.29 is 0 Å². The summed E-state index contributed by atoms with van der Waals surface area (Å²) in [5, 5.41) is 0.907. The lowest BCUT2D eigenvalue weighted by atomic mass is 10.1. The zero-order valence-corrected chi connectivity index (χ0v) is 10.9. The second kappa shape index (κ2) is 4.37. The molecule has 1 aromatic heterocycles. The van der Waals surface area contributed by atoms with Crippen LogP contribution in [0.15, 0.2) is 34.8 Å². The van der Waals surface area contributed by atoms with Crippen molar-refractivity contribution in [3.05, 3.63) is 39.7 Å². The summed E-state index contributed by atoms with van der Waals surface area (Å²) in [5.41, 5.74) is 8.33. The lowest BCUT2D eigenvalue weighted by Gasteiger charge is -2.00. The monoisotopic (exact) mass is 281 g/mol. The molecule has 2 rings (SSSR count). The van der Waals surface area contributed by atoms with Gasteiger partial charge in [0.2, 0.25) is 0 Å². The molecule has 0 aliphatic carbocycles. The Morgan fingerprint density at radius 2 is 2.13 bits per heavy atom. The zero-order valence-electron chi connectivity index (χ0n) is 8.46. The first-order valence-corrected chi connectivity index (χ1v) is 6.45. The molecule has 0 spiro atoms. The maximum absolute atomic E-state index is 6.00. The molecule has 0 fully saturated rings. The summed E-state index contributed by atoms with van der Waals surface area (Å²) in [6, 6.07) is 10.4. The number of hydrogen-bond acceptors (Lipinski definition) is 2. The highest BCUT2D eigenvalue weighted by Gasteiger charge is 2.07. The SMILES string of the molecule is CCc1cc(-c2cccc(Br)c2)c(N)s1. The maximum Gasteiger partial charge on any atom is 0.0938 e. The maximum atomic E-state index is 6.00. The Labute approximate surface area is 102 Å². The summed E-state index contributed by atoms with van der Waals surface area (Å²) in [5.74, 6) is 0. The highest BCUT2D eigenvalue weighted by atomic mass is 79.9. The van der Waals surface area contributed by atoms with E-state index in [1.807, 2.05) is 12.1 Å². The standard InChI is InChI=1S/C12H12BrNS/c1-2-10-7-11(12(14)15-10)8-4-3-5-9(13)6-8/h3-7H,2,14H2,1H3. The van der Waals surface area contributed by atoms with Gasteiger partial charge in [-0.25, -0.2) is 0 Å². The van der Waals surface area contributed by atoms with Crippen LogP contribution in [0, 0.1) is 0 Å². The molecule has 0 amide bonds. The van der Waals surface area contributed by atoms with E-state index in [1.54, 1.807) is 11.3 Å². The molecule has 0 unspecified atom stereocenters. The minimum Gasteiger partial charge on any atom is -0.390 e. The Bertz CT molecular complexity index is 476. The normalized spacial score (nSPS) is 10.5. The lowest BCUT2D eigenvalue weighted by molar-refractivity contribution is 1.19. The molecule has 1 nitrogen and oxygen atoms in total. The van der Waals surface area contributed by atoms with Crippen LogP contribution in [-0.2, 0) is 6.42 Å². The number of nitrogen functional groups attached to an aromatic ring is 1. The van der Waals surface area contributed by atoms with E-state index in [1.165, 1.54) is 10.4 Å². The Kier molecular flexibility index (Phi) is 3.12. The largest absolute Gasteiger partial charge is 0.390 e. The molecule has 0 radical (unpaired) electrons. The van der Waals surface area contributed by atoms with Gasteiger partial charge in [-0.3, -0.25) is 0 Å². The van der Waals surface area contributed by atoms with E-state index in [0.717, 1.165) is 21.5 Å². The molecule has 0 atom stereocenters. The minimum atomic E-state index is 0.907. The molecule has 1 aromatic carbocycles. The average molecular weight is 282 g/mol. The molecule has 0 saturated heterocycles. The third-order valence-corrected chi connectivity index (χ3v) is 3.90. The van der Waals surface area contributed by atoms with Crippen LogP contribution in [0.1, 0.15) is 11.8 Å². The summed E-state index contributed by atoms with van der Waals surface area (Å²) in [7, 11) is 0.